The summed E-state index contributed by atoms with van der Waals surface area (Å²) in [6.45, 7) is 11.8. The van der Waals surface area contributed by atoms with Gasteiger partial charge in [0.2, 0.25) is 0 Å². The largest absolute Gasteiger partial charge is 0.444 e. The molecule has 1 amide bonds. The Balaban J connectivity index is 1.45. The molecule has 0 saturated carbocycles. The SMILES string of the molecule is Cc1ncnc2c1ccn2[C@@H]1O[C@H]([C@H]2c3ccc(Cl)cc3CCN2C(=O)OC(C)(C)C)[C@H]2OC(C)(C)O[C@H]21. The number of benzene rings is 1. The number of halogens is 1. The number of carbonyl (C=O) groups excluding carboxylic acids is 1. The zero-order valence-corrected chi connectivity index (χ0v) is 23.2. The summed E-state index contributed by atoms with van der Waals surface area (Å²) in [6.07, 6.45) is 1.88. The molecule has 38 heavy (non-hydrogen) atoms. The van der Waals surface area contributed by atoms with Crippen LogP contribution >= 0.6 is 11.6 Å². The van der Waals surface area contributed by atoms with Crippen molar-refractivity contribution in [1.82, 2.24) is 19.4 Å². The Kier molecular flexibility index (Phi) is 5.99. The van der Waals surface area contributed by atoms with E-state index in [0.717, 1.165) is 27.9 Å². The second kappa shape index (κ2) is 8.91. The quantitative estimate of drug-likeness (QED) is 0.433. The van der Waals surface area contributed by atoms with Gasteiger partial charge in [-0.25, -0.2) is 14.8 Å². The molecule has 0 radical (unpaired) electrons. The zero-order valence-electron chi connectivity index (χ0n) is 22.5. The third-order valence-electron chi connectivity index (χ3n) is 7.37. The third kappa shape index (κ3) is 4.35. The molecule has 5 atom stereocenters. The minimum Gasteiger partial charge on any atom is -0.444 e. The summed E-state index contributed by atoms with van der Waals surface area (Å²) in [6, 6.07) is 7.33. The van der Waals surface area contributed by atoms with Crippen molar-refractivity contribution < 1.29 is 23.7 Å². The maximum Gasteiger partial charge on any atom is 0.410 e. The third-order valence-corrected chi connectivity index (χ3v) is 7.60. The van der Waals surface area contributed by atoms with Crippen LogP contribution in [0.2, 0.25) is 5.02 Å². The summed E-state index contributed by atoms with van der Waals surface area (Å²) in [7, 11) is 0. The van der Waals surface area contributed by atoms with Gasteiger partial charge in [0.1, 0.15) is 35.9 Å². The van der Waals surface area contributed by atoms with Gasteiger partial charge in [0.15, 0.2) is 12.0 Å². The fraction of sp³-hybridized carbons (Fsp3) is 0.536. The second-order valence-electron chi connectivity index (χ2n) is 11.7. The molecule has 5 heterocycles. The molecule has 0 aliphatic carbocycles. The second-order valence-corrected chi connectivity index (χ2v) is 12.1. The van der Waals surface area contributed by atoms with Gasteiger partial charge in [-0.15, -0.1) is 0 Å². The molecule has 0 spiro atoms. The Hall–Kier alpha value is -2.72. The van der Waals surface area contributed by atoms with E-state index in [-0.39, 0.29) is 6.09 Å². The van der Waals surface area contributed by atoms with Crippen molar-refractivity contribution >= 4 is 28.7 Å². The molecule has 0 N–H and O–H groups in total. The van der Waals surface area contributed by atoms with Crippen molar-refractivity contribution in [3.63, 3.8) is 0 Å². The summed E-state index contributed by atoms with van der Waals surface area (Å²) in [5.41, 5.74) is 3.06. The Morgan fingerprint density at radius 3 is 2.66 bits per heavy atom. The van der Waals surface area contributed by atoms with Crippen molar-refractivity contribution in [2.45, 2.75) is 89.9 Å². The van der Waals surface area contributed by atoms with Crippen LogP contribution in [0.15, 0.2) is 36.8 Å². The van der Waals surface area contributed by atoms with Gasteiger partial charge < -0.3 is 23.5 Å². The van der Waals surface area contributed by atoms with E-state index in [4.69, 9.17) is 30.5 Å². The van der Waals surface area contributed by atoms with Crippen LogP contribution in [-0.2, 0) is 25.4 Å². The molecule has 1 aromatic carbocycles. The van der Waals surface area contributed by atoms with E-state index in [1.165, 1.54) is 0 Å². The molecule has 3 aliphatic rings. The predicted molar refractivity (Wildman–Crippen MR) is 141 cm³/mol. The van der Waals surface area contributed by atoms with Crippen LogP contribution in [-0.4, -0.2) is 61.8 Å². The lowest BCUT2D eigenvalue weighted by molar-refractivity contribution is -0.203. The highest BCUT2D eigenvalue weighted by Gasteiger charge is 2.60. The van der Waals surface area contributed by atoms with E-state index in [2.05, 4.69) is 9.97 Å². The predicted octanol–water partition coefficient (Wildman–Crippen LogP) is 5.35. The summed E-state index contributed by atoms with van der Waals surface area (Å²) >= 11 is 6.36. The van der Waals surface area contributed by atoms with E-state index in [1.807, 2.05) is 76.6 Å². The number of aromatic nitrogens is 3. The molecule has 0 unspecified atom stereocenters. The van der Waals surface area contributed by atoms with Gasteiger partial charge in [0, 0.05) is 23.2 Å². The molecule has 10 heteroatoms. The van der Waals surface area contributed by atoms with Crippen LogP contribution in [0.25, 0.3) is 11.0 Å². The number of nitrogens with zero attached hydrogens (tertiary/aromatic N) is 4. The van der Waals surface area contributed by atoms with Crippen LogP contribution < -0.4 is 0 Å². The number of ether oxygens (including phenoxy) is 4. The highest BCUT2D eigenvalue weighted by molar-refractivity contribution is 6.30. The number of carbonyl (C=O) groups is 1. The van der Waals surface area contributed by atoms with Crippen LogP contribution in [0.1, 0.15) is 63.7 Å². The standard InChI is InChI=1S/C28H33ClN4O5/c1-15-18-10-12-33(24(18)31-14-30-15)25-23-22(36-28(5,6)37-23)21(35-25)20-19-8-7-17(29)13-16(19)9-11-32(20)26(34)38-27(2,3)4/h7-8,10,12-14,20-23,25H,9,11H2,1-6H3/t20-,21-,22-,23-,25-/m1/s1. The number of aryl methyl sites for hydroxylation is 1. The summed E-state index contributed by atoms with van der Waals surface area (Å²) in [4.78, 5) is 24.2. The Morgan fingerprint density at radius 2 is 1.89 bits per heavy atom. The Morgan fingerprint density at radius 1 is 1.13 bits per heavy atom. The van der Waals surface area contributed by atoms with Gasteiger partial charge >= 0.3 is 6.09 Å². The lowest BCUT2D eigenvalue weighted by Crippen LogP contribution is -2.50. The normalized spacial score (nSPS) is 28.4. The highest BCUT2D eigenvalue weighted by atomic mass is 35.5. The van der Waals surface area contributed by atoms with Gasteiger partial charge in [-0.1, -0.05) is 17.7 Å². The molecule has 2 aromatic heterocycles. The maximum atomic E-state index is 13.5. The first-order valence-corrected chi connectivity index (χ1v) is 13.4. The lowest BCUT2D eigenvalue weighted by atomic mass is 9.87. The minimum atomic E-state index is -0.822. The molecule has 9 nitrogen and oxygen atoms in total. The van der Waals surface area contributed by atoms with Crippen LogP contribution in [0.4, 0.5) is 4.79 Å². The molecule has 3 aliphatic heterocycles. The number of fused-ring (bicyclic) bond motifs is 3. The van der Waals surface area contributed by atoms with E-state index in [0.29, 0.717) is 18.0 Å². The summed E-state index contributed by atoms with van der Waals surface area (Å²) in [5.74, 6) is -0.822. The van der Waals surface area contributed by atoms with E-state index < -0.39 is 42.0 Å². The van der Waals surface area contributed by atoms with Gasteiger partial charge in [0.05, 0.1) is 11.7 Å². The smallest absolute Gasteiger partial charge is 0.410 e. The van der Waals surface area contributed by atoms with Gasteiger partial charge in [0.25, 0.3) is 0 Å². The Labute approximate surface area is 227 Å². The van der Waals surface area contributed by atoms with E-state index >= 15 is 0 Å². The van der Waals surface area contributed by atoms with Gasteiger partial charge in [-0.05, 0) is 77.3 Å². The van der Waals surface area contributed by atoms with Crippen molar-refractivity contribution in [3.8, 4) is 0 Å². The zero-order chi connectivity index (χ0) is 27.0. The average molecular weight is 541 g/mol. The van der Waals surface area contributed by atoms with Crippen LogP contribution in [0.3, 0.4) is 0 Å². The van der Waals surface area contributed by atoms with Crippen molar-refractivity contribution in [2.24, 2.45) is 0 Å². The number of hydrogen-bond donors (Lipinski definition) is 0. The maximum absolute atomic E-state index is 13.5. The van der Waals surface area contributed by atoms with Crippen LogP contribution in [0.5, 0.6) is 0 Å². The van der Waals surface area contributed by atoms with E-state index in [1.54, 1.807) is 11.2 Å². The lowest BCUT2D eigenvalue weighted by Gasteiger charge is -2.41. The molecule has 3 aromatic rings. The topological polar surface area (TPSA) is 87.9 Å². The monoisotopic (exact) mass is 540 g/mol. The van der Waals surface area contributed by atoms with E-state index in [9.17, 15) is 4.79 Å². The van der Waals surface area contributed by atoms with Crippen LogP contribution in [0, 0.1) is 6.92 Å². The van der Waals surface area contributed by atoms with Crippen molar-refractivity contribution in [3.05, 3.63) is 58.6 Å². The Bertz CT molecular complexity index is 1400. The first-order chi connectivity index (χ1) is 17.9. The van der Waals surface area contributed by atoms with Gasteiger partial charge in [-0.2, -0.15) is 0 Å². The summed E-state index contributed by atoms with van der Waals surface area (Å²) in [5, 5.41) is 1.61. The van der Waals surface area contributed by atoms with Crippen molar-refractivity contribution in [1.29, 1.82) is 0 Å². The number of rotatable bonds is 2. The molecule has 2 saturated heterocycles. The number of amides is 1. The molecular formula is C28H33ClN4O5. The fourth-order valence-electron chi connectivity index (χ4n) is 5.90. The first kappa shape index (κ1) is 25.6. The summed E-state index contributed by atoms with van der Waals surface area (Å²) < 4.78 is 27.5. The first-order valence-electron chi connectivity index (χ1n) is 13.0. The molecular weight excluding hydrogens is 508 g/mol. The molecule has 0 bridgehead atoms. The molecule has 202 valence electrons. The van der Waals surface area contributed by atoms with Gasteiger partial charge in [-0.3, -0.25) is 4.90 Å². The molecule has 6 rings (SSSR count). The molecule has 2 fully saturated rings. The number of hydrogen-bond acceptors (Lipinski definition) is 7. The highest BCUT2D eigenvalue weighted by Crippen LogP contribution is 2.50. The average Bonchev–Trinajstić information content (AvgIpc) is 3.48. The fourth-order valence-corrected chi connectivity index (χ4v) is 6.09. The minimum absolute atomic E-state index is 0.389. The van der Waals surface area contributed by atoms with Crippen molar-refractivity contribution in [2.75, 3.05) is 6.54 Å².